The molecule has 4 heterocycles. The molecule has 1 N–H and O–H groups in total. The molecular formula is C20H26BN3O2. The molecular weight excluding hydrogens is 325 g/mol. The number of imidazole rings is 1. The van der Waals surface area contributed by atoms with E-state index in [9.17, 15) is 0 Å². The van der Waals surface area contributed by atoms with Crippen molar-refractivity contribution in [2.24, 2.45) is 11.3 Å². The van der Waals surface area contributed by atoms with Crippen molar-refractivity contribution in [1.29, 1.82) is 0 Å². The van der Waals surface area contributed by atoms with E-state index >= 15 is 0 Å². The SMILES string of the molecule is CC1(C)COB(c2ccc3nc4n(c3c2)C2C3CCC2C4N3)OC1(C)C. The van der Waals surface area contributed by atoms with Crippen LogP contribution in [0.4, 0.5) is 0 Å². The lowest BCUT2D eigenvalue weighted by atomic mass is 9.69. The Kier molecular flexibility index (Phi) is 2.85. The fourth-order valence-electron chi connectivity index (χ4n) is 5.44. The maximum atomic E-state index is 6.37. The van der Waals surface area contributed by atoms with Gasteiger partial charge in [0.2, 0.25) is 0 Å². The molecule has 1 aromatic carbocycles. The lowest BCUT2D eigenvalue weighted by Gasteiger charge is -2.47. The first kappa shape index (κ1) is 15.7. The zero-order valence-electron chi connectivity index (χ0n) is 16.0. The van der Waals surface area contributed by atoms with Gasteiger partial charge in [-0.05, 0) is 44.3 Å². The first-order valence-corrected chi connectivity index (χ1v) is 9.93. The van der Waals surface area contributed by atoms with E-state index in [0.29, 0.717) is 24.7 Å². The van der Waals surface area contributed by atoms with E-state index in [1.54, 1.807) is 0 Å². The second-order valence-electron chi connectivity index (χ2n) is 9.73. The predicted molar refractivity (Wildman–Crippen MR) is 101 cm³/mol. The van der Waals surface area contributed by atoms with Gasteiger partial charge in [-0.2, -0.15) is 0 Å². The third kappa shape index (κ3) is 1.80. The van der Waals surface area contributed by atoms with Crippen LogP contribution in [0.3, 0.4) is 0 Å². The standard InChI is InChI=1S/C20H26BN3O2/c1-19(2)10-25-21(26-20(19,3)4)11-5-7-13-15(9-11)24-17-12-6-8-14(17)22-16(12)18(24)23-13/h5,7,9,12,14,16-17,22H,6,8,10H2,1-4H3. The number of piperidine rings is 1. The summed E-state index contributed by atoms with van der Waals surface area (Å²) in [6.45, 7) is 9.44. The Balaban J connectivity index is 1.41. The highest BCUT2D eigenvalue weighted by atomic mass is 16.6. The fourth-order valence-corrected chi connectivity index (χ4v) is 5.44. The third-order valence-electron chi connectivity index (χ3n) is 7.70. The van der Waals surface area contributed by atoms with Crippen LogP contribution in [-0.2, 0) is 9.31 Å². The minimum Gasteiger partial charge on any atom is -0.407 e. The quantitative estimate of drug-likeness (QED) is 0.803. The van der Waals surface area contributed by atoms with Gasteiger partial charge in [-0.25, -0.2) is 4.98 Å². The molecule has 4 atom stereocenters. The highest BCUT2D eigenvalue weighted by molar-refractivity contribution is 6.61. The van der Waals surface area contributed by atoms with E-state index in [2.05, 4.69) is 55.8 Å². The number of fused-ring (bicyclic) bond motifs is 4. The predicted octanol–water partition coefficient (Wildman–Crippen LogP) is 2.56. The molecule has 2 aromatic rings. The Bertz CT molecular complexity index is 921. The van der Waals surface area contributed by atoms with Crippen molar-refractivity contribution in [3.05, 3.63) is 24.0 Å². The Morgan fingerprint density at radius 2 is 2.08 bits per heavy atom. The largest absolute Gasteiger partial charge is 0.494 e. The summed E-state index contributed by atoms with van der Waals surface area (Å²) in [5, 5.41) is 3.77. The molecule has 0 spiro atoms. The molecule has 4 aliphatic rings. The van der Waals surface area contributed by atoms with Crippen molar-refractivity contribution < 1.29 is 9.31 Å². The van der Waals surface area contributed by atoms with Gasteiger partial charge < -0.3 is 19.2 Å². The van der Waals surface area contributed by atoms with Crippen molar-refractivity contribution >= 4 is 23.6 Å². The molecule has 6 rings (SSSR count). The van der Waals surface area contributed by atoms with E-state index in [-0.39, 0.29) is 18.1 Å². The van der Waals surface area contributed by atoms with Crippen LogP contribution in [0.5, 0.6) is 0 Å². The Hall–Kier alpha value is -1.37. The number of hydrogen-bond acceptors (Lipinski definition) is 4. The van der Waals surface area contributed by atoms with Crippen molar-refractivity contribution in [1.82, 2.24) is 14.9 Å². The van der Waals surface area contributed by atoms with Crippen LogP contribution in [0.25, 0.3) is 11.0 Å². The zero-order chi connectivity index (χ0) is 17.8. The summed E-state index contributed by atoms with van der Waals surface area (Å²) in [5.41, 5.74) is 3.21. The van der Waals surface area contributed by atoms with E-state index < -0.39 is 0 Å². The van der Waals surface area contributed by atoms with Gasteiger partial charge in [0, 0.05) is 24.0 Å². The molecule has 3 fully saturated rings. The van der Waals surface area contributed by atoms with Gasteiger partial charge in [0.25, 0.3) is 0 Å². The van der Waals surface area contributed by atoms with Gasteiger partial charge in [-0.1, -0.05) is 19.9 Å². The Labute approximate surface area is 154 Å². The summed E-state index contributed by atoms with van der Waals surface area (Å²) >= 11 is 0. The molecule has 4 bridgehead atoms. The van der Waals surface area contributed by atoms with E-state index in [4.69, 9.17) is 14.3 Å². The van der Waals surface area contributed by atoms with Crippen molar-refractivity contribution in [3.63, 3.8) is 0 Å². The molecule has 1 aromatic heterocycles. The molecule has 3 aliphatic heterocycles. The molecule has 0 radical (unpaired) electrons. The van der Waals surface area contributed by atoms with Gasteiger partial charge >= 0.3 is 7.12 Å². The normalized spacial score (nSPS) is 36.1. The van der Waals surface area contributed by atoms with Crippen LogP contribution in [0.15, 0.2) is 18.2 Å². The van der Waals surface area contributed by atoms with Gasteiger partial charge in [0.05, 0.1) is 28.7 Å². The number of aromatic nitrogens is 2. The topological polar surface area (TPSA) is 48.3 Å². The van der Waals surface area contributed by atoms with Gasteiger partial charge in [0.1, 0.15) is 5.82 Å². The second kappa shape index (κ2) is 4.72. The first-order chi connectivity index (χ1) is 12.4. The summed E-state index contributed by atoms with van der Waals surface area (Å²) in [6, 6.07) is 8.17. The smallest absolute Gasteiger partial charge is 0.407 e. The minimum absolute atomic E-state index is 0.00449. The summed E-state index contributed by atoms with van der Waals surface area (Å²) in [4.78, 5) is 4.95. The summed E-state index contributed by atoms with van der Waals surface area (Å²) < 4.78 is 15.0. The zero-order valence-corrected chi connectivity index (χ0v) is 16.0. The number of nitrogens with zero attached hydrogens (tertiary/aromatic N) is 2. The maximum absolute atomic E-state index is 6.37. The van der Waals surface area contributed by atoms with Crippen LogP contribution < -0.4 is 10.8 Å². The molecule has 6 heteroatoms. The molecule has 26 heavy (non-hydrogen) atoms. The lowest BCUT2D eigenvalue weighted by molar-refractivity contribution is -0.0937. The Morgan fingerprint density at radius 1 is 1.23 bits per heavy atom. The lowest BCUT2D eigenvalue weighted by Crippen LogP contribution is -2.58. The van der Waals surface area contributed by atoms with E-state index in [1.807, 2.05) is 0 Å². The number of hydrogen-bond donors (Lipinski definition) is 1. The van der Waals surface area contributed by atoms with Crippen LogP contribution in [0.1, 0.15) is 58.4 Å². The maximum Gasteiger partial charge on any atom is 0.494 e. The molecule has 1 aliphatic carbocycles. The highest BCUT2D eigenvalue weighted by Gasteiger charge is 2.56. The van der Waals surface area contributed by atoms with Gasteiger partial charge in [-0.3, -0.25) is 0 Å². The van der Waals surface area contributed by atoms with Crippen LogP contribution in [0, 0.1) is 11.3 Å². The number of nitrogens with one attached hydrogen (secondary N) is 1. The van der Waals surface area contributed by atoms with Crippen molar-refractivity contribution in [2.45, 2.75) is 64.3 Å². The van der Waals surface area contributed by atoms with Gasteiger partial charge in [-0.15, -0.1) is 0 Å². The minimum atomic E-state index is -0.304. The number of rotatable bonds is 1. The van der Waals surface area contributed by atoms with Crippen LogP contribution >= 0.6 is 0 Å². The average Bonchev–Trinajstić information content (AvgIpc) is 3.31. The molecule has 4 unspecified atom stereocenters. The van der Waals surface area contributed by atoms with E-state index in [1.165, 1.54) is 24.2 Å². The molecule has 136 valence electrons. The second-order valence-corrected chi connectivity index (χ2v) is 9.73. The van der Waals surface area contributed by atoms with Gasteiger partial charge in [0.15, 0.2) is 0 Å². The van der Waals surface area contributed by atoms with Crippen LogP contribution in [-0.4, -0.2) is 34.9 Å². The molecule has 0 amide bonds. The molecule has 5 nitrogen and oxygen atoms in total. The number of benzene rings is 1. The van der Waals surface area contributed by atoms with Crippen molar-refractivity contribution in [2.75, 3.05) is 6.61 Å². The third-order valence-corrected chi connectivity index (χ3v) is 7.70. The fraction of sp³-hybridized carbons (Fsp3) is 0.650. The highest BCUT2D eigenvalue weighted by Crippen LogP contribution is 2.56. The summed E-state index contributed by atoms with van der Waals surface area (Å²) in [5.74, 6) is 1.97. The molecule has 1 saturated carbocycles. The van der Waals surface area contributed by atoms with E-state index in [0.717, 1.165) is 16.9 Å². The summed E-state index contributed by atoms with van der Waals surface area (Å²) in [7, 11) is -0.304. The molecule has 2 saturated heterocycles. The monoisotopic (exact) mass is 351 g/mol. The Morgan fingerprint density at radius 3 is 2.88 bits per heavy atom. The summed E-state index contributed by atoms with van der Waals surface area (Å²) in [6.07, 6.45) is 2.62. The average molecular weight is 351 g/mol. The first-order valence-electron chi connectivity index (χ1n) is 9.93. The van der Waals surface area contributed by atoms with Crippen molar-refractivity contribution in [3.8, 4) is 0 Å². The van der Waals surface area contributed by atoms with Crippen LogP contribution in [0.2, 0.25) is 0 Å².